The van der Waals surface area contributed by atoms with E-state index in [0.29, 0.717) is 15.8 Å². The number of rotatable bonds is 20. The number of carbonyl (C=O) groups excluding carboxylic acids is 5. The van der Waals surface area contributed by atoms with Gasteiger partial charge in [0, 0.05) is 60.6 Å². The zero-order chi connectivity index (χ0) is 64.6. The Morgan fingerprint density at radius 2 is 0.965 bits per heavy atom. The number of aromatic hydroxyl groups is 1. The minimum Gasteiger partial charge on any atom is -0.507 e. The molecule has 3 aromatic carbocycles. The monoisotopic (exact) mass is 1440 g/mol. The summed E-state index contributed by atoms with van der Waals surface area (Å²) in [6.45, 7) is 2.52. The molecule has 35 heteroatoms. The highest BCUT2D eigenvalue weighted by Crippen LogP contribution is 2.29. The number of phenols is 1. The predicted octanol–water partition coefficient (Wildman–Crippen LogP) is 10.4. The number of thioether (sulfide) groups is 4. The largest absolute Gasteiger partial charge is 0.507 e. The molecule has 4 aromatic heterocycles. The number of methoxy groups -OCH3 is 4. The summed E-state index contributed by atoms with van der Waals surface area (Å²) in [5, 5.41) is 18.6. The Labute approximate surface area is 540 Å². The minimum absolute atomic E-state index is 0.0370. The Morgan fingerprint density at radius 3 is 1.27 bits per heavy atom. The number of para-hydroxylation sites is 3. The molecule has 1 atom stereocenters. The van der Waals surface area contributed by atoms with E-state index in [-0.39, 0.29) is 69.7 Å². The third-order valence-electron chi connectivity index (χ3n) is 9.40. The van der Waals surface area contributed by atoms with Crippen molar-refractivity contribution in [2.75, 3.05) is 93.4 Å². The Bertz CT molecular complexity index is 3470. The number of alkyl halides is 1. The van der Waals surface area contributed by atoms with Gasteiger partial charge in [0.25, 0.3) is 17.7 Å². The van der Waals surface area contributed by atoms with Crippen molar-refractivity contribution in [2.45, 2.75) is 47.4 Å². The van der Waals surface area contributed by atoms with Crippen LogP contribution in [0.4, 0.5) is 20.5 Å². The first-order chi connectivity index (χ1) is 40.7. The summed E-state index contributed by atoms with van der Waals surface area (Å²) in [6.07, 6.45) is 15.7. The summed E-state index contributed by atoms with van der Waals surface area (Å²) < 4.78 is 77.5. The van der Waals surface area contributed by atoms with Crippen LogP contribution in [-0.4, -0.2) is 160 Å². The number of nitrogens with two attached hydrogens (primary N) is 1. The van der Waals surface area contributed by atoms with E-state index in [1.54, 1.807) is 136 Å². The summed E-state index contributed by atoms with van der Waals surface area (Å²) in [5.74, 6) is -1.38. The van der Waals surface area contributed by atoms with Gasteiger partial charge < -0.3 is 39.3 Å². The second-order valence-electron chi connectivity index (χ2n) is 15.8. The Hall–Kier alpha value is -5.25. The van der Waals surface area contributed by atoms with Crippen LogP contribution < -0.4 is 31.2 Å². The molecule has 6 N–H and O–H groups in total. The lowest BCUT2D eigenvalue weighted by molar-refractivity contribution is -0.132. The molecular weight excluding hydrogens is 1380 g/mol. The fourth-order valence-corrected chi connectivity index (χ4v) is 12.6. The van der Waals surface area contributed by atoms with Gasteiger partial charge in [-0.25, -0.2) is 36.8 Å². The normalized spacial score (nSPS) is 11.0. The van der Waals surface area contributed by atoms with E-state index < -0.39 is 43.4 Å². The number of nitrogens with zero attached hydrogens (tertiary/aromatic N) is 4. The Morgan fingerprint density at radius 1 is 0.581 bits per heavy atom. The van der Waals surface area contributed by atoms with Crippen LogP contribution in [0.25, 0.3) is 0 Å². The molecule has 0 fully saturated rings. The number of nitrogens with one attached hydrogen (secondary N) is 3. The number of phenolic OH excluding ortho intramolecular Hbond substituents is 1. The molecule has 24 nitrogen and oxygen atoms in total. The predicted molar refractivity (Wildman–Crippen MR) is 350 cm³/mol. The lowest BCUT2D eigenvalue weighted by Gasteiger charge is -2.16. The summed E-state index contributed by atoms with van der Waals surface area (Å²) in [6, 6.07) is 18.8. The molecule has 0 bridgehead atoms. The van der Waals surface area contributed by atoms with Crippen LogP contribution >= 0.6 is 108 Å². The number of halogens is 1. The molecule has 7 aromatic rings. The second-order valence-corrected chi connectivity index (χ2v) is 30.1. The number of carbonyl (C=O) groups is 5. The van der Waals surface area contributed by atoms with Gasteiger partial charge in [0.1, 0.15) is 29.8 Å². The summed E-state index contributed by atoms with van der Waals surface area (Å²) >= 11 is 14.6. The van der Waals surface area contributed by atoms with E-state index in [4.69, 9.17) is 34.2 Å². The number of ether oxygens (including phenoxy) is 6. The zero-order valence-corrected chi connectivity index (χ0v) is 57.8. The number of amides is 3. The fourth-order valence-electron chi connectivity index (χ4n) is 5.50. The van der Waals surface area contributed by atoms with E-state index in [0.717, 1.165) is 45.1 Å². The van der Waals surface area contributed by atoms with Crippen molar-refractivity contribution in [2.24, 2.45) is 0 Å². The number of anilines is 4. The van der Waals surface area contributed by atoms with Crippen LogP contribution in [0.3, 0.4) is 0 Å². The van der Waals surface area contributed by atoms with E-state index >= 15 is 0 Å². The van der Waals surface area contributed by atoms with Gasteiger partial charge in [-0.05, 0) is 61.4 Å². The maximum absolute atomic E-state index is 12.2. The molecule has 3 amide bonds. The zero-order valence-electron chi connectivity index (χ0n) is 48.1. The molecule has 0 aliphatic carbocycles. The van der Waals surface area contributed by atoms with Crippen LogP contribution in [0.1, 0.15) is 44.9 Å². The minimum atomic E-state index is -3.37. The van der Waals surface area contributed by atoms with E-state index in [1.165, 1.54) is 77.4 Å². The maximum Gasteiger partial charge on any atom is 0.308 e. The molecule has 1 unspecified atom stereocenters. The maximum atomic E-state index is 12.2. The van der Waals surface area contributed by atoms with Crippen LogP contribution in [0.2, 0.25) is 0 Å². The SMILES string of the molecule is CC(=O)Oc1ccccc1C(=O)Nc1ncc(S(C)(=O)=O)s1.COC(CSC)OC.COC(OC)C(Br)SC.CS(=O)(=O)c1cnc(NC(=O)c2ccccc2O)s1.CSc1cnc(N)s1.CSc1cnc(NC(=O)c2ccccc2OC(C)=O)s1. The number of hydrogen-bond acceptors (Lipinski definition) is 29. The van der Waals surface area contributed by atoms with Crippen LogP contribution in [-0.2, 0) is 48.2 Å². The van der Waals surface area contributed by atoms with Gasteiger partial charge in [-0.2, -0.15) is 11.8 Å². The molecule has 86 heavy (non-hydrogen) atoms. The first-order valence-electron chi connectivity index (χ1n) is 23.8. The van der Waals surface area contributed by atoms with Gasteiger partial charge in [-0.15, -0.1) is 35.3 Å². The molecule has 0 saturated carbocycles. The van der Waals surface area contributed by atoms with Gasteiger partial charge in [-0.1, -0.05) is 97.7 Å². The van der Waals surface area contributed by atoms with Crippen molar-refractivity contribution < 1.29 is 74.3 Å². The van der Waals surface area contributed by atoms with Crippen LogP contribution in [0.5, 0.6) is 17.2 Å². The van der Waals surface area contributed by atoms with E-state index in [9.17, 15) is 45.9 Å². The van der Waals surface area contributed by atoms with Gasteiger partial charge in [-0.3, -0.25) is 39.9 Å². The molecule has 7 rings (SSSR count). The first kappa shape index (κ1) is 76.8. The molecule has 0 aliphatic heterocycles. The van der Waals surface area contributed by atoms with Crippen molar-refractivity contribution >= 4 is 178 Å². The van der Waals surface area contributed by atoms with Crippen molar-refractivity contribution in [3.05, 3.63) is 114 Å². The molecule has 4 heterocycles. The van der Waals surface area contributed by atoms with Gasteiger partial charge in [0.15, 0.2) is 52.8 Å². The number of sulfone groups is 2. The highest BCUT2D eigenvalue weighted by molar-refractivity contribution is 9.11. The summed E-state index contributed by atoms with van der Waals surface area (Å²) in [7, 11) is -0.173. The molecule has 0 radical (unpaired) electrons. The van der Waals surface area contributed by atoms with Gasteiger partial charge >= 0.3 is 11.9 Å². The summed E-state index contributed by atoms with van der Waals surface area (Å²) in [5.41, 5.74) is 5.89. The first-order valence-corrected chi connectivity index (χ1v) is 36.9. The van der Waals surface area contributed by atoms with Crippen LogP contribution in [0.15, 0.2) is 114 Å². The quantitative estimate of drug-likeness (QED) is 0.0156. The number of aromatic nitrogens is 4. The molecule has 0 aliphatic rings. The molecule has 0 saturated heterocycles. The number of nitrogen functional groups attached to an aromatic ring is 1. The van der Waals surface area contributed by atoms with Crippen molar-refractivity contribution in [3.63, 3.8) is 0 Å². The average Bonchev–Trinajstić information content (AvgIpc) is 4.55. The number of hydrogen-bond donors (Lipinski definition) is 5. The topological polar surface area (TPSA) is 343 Å². The number of thiazole rings is 4. The smallest absolute Gasteiger partial charge is 0.308 e. The fraction of sp³-hybridized carbons (Fsp3) is 0.314. The van der Waals surface area contributed by atoms with Crippen LogP contribution in [0, 0.1) is 0 Å². The second kappa shape index (κ2) is 40.3. The van der Waals surface area contributed by atoms with Gasteiger partial charge in [0.05, 0.1) is 49.9 Å². The third-order valence-corrected chi connectivity index (χ3v) is 21.5. The van der Waals surface area contributed by atoms with Crippen molar-refractivity contribution in [1.29, 1.82) is 0 Å². The third kappa shape index (κ3) is 28.7. The highest BCUT2D eigenvalue weighted by atomic mass is 79.9. The van der Waals surface area contributed by atoms with Crippen molar-refractivity contribution in [1.82, 2.24) is 19.9 Å². The molecular formula is C51H63BrN8O16S10. The van der Waals surface area contributed by atoms with Crippen molar-refractivity contribution in [3.8, 4) is 17.2 Å². The lowest BCUT2D eigenvalue weighted by Crippen LogP contribution is -2.21. The Balaban J connectivity index is 0.000000369. The average molecular weight is 1440 g/mol. The van der Waals surface area contributed by atoms with E-state index in [2.05, 4.69) is 51.8 Å². The summed E-state index contributed by atoms with van der Waals surface area (Å²) in [4.78, 5) is 73.9. The number of benzene rings is 3. The van der Waals surface area contributed by atoms with E-state index in [1.807, 2.05) is 25.0 Å². The highest BCUT2D eigenvalue weighted by Gasteiger charge is 2.20. The standard InChI is InChI=1S/C13H12N2O5S2.C13H12N2O3S2.C11H10N2O4S2.C5H11BrO2S.C5H12O2S.C4H6N2S2/c1-8(16)20-10-6-4-3-5-9(10)12(17)15-13-14-7-11(21-13)22(2,18)19;1-8(16)18-10-6-4-3-5-9(10)12(17)15-13-14-7-11(19-2)20-13;1-19(16,17)9-6-12-11(18-9)13-10(15)7-4-2-3-5-8(7)14;1-7-5(8-2)4(6)9-3;1-6-5(7-2)4-8-3;1-7-3-2-6-4(5)8-3/h3-7H,1-2H3,(H,14,15,17);3-7H,1-2H3,(H,14,15,17);2-6,14H,1H3,(H,12,13,15);4-5H,1-3H3;5H,4H2,1-3H3;2H,1H3,(H2,5,6). The van der Waals surface area contributed by atoms with Gasteiger partial charge in [0.2, 0.25) is 0 Å². The molecule has 470 valence electrons. The molecule has 0 spiro atoms. The number of esters is 2. The Kier molecular flexibility index (Phi) is 36.0. The lowest BCUT2D eigenvalue weighted by atomic mass is 10.2.